The molecule has 0 aliphatic heterocycles. The number of hydrogen-bond acceptors (Lipinski definition) is 5. The highest BCUT2D eigenvalue weighted by Gasteiger charge is 2.15. The third-order valence-electron chi connectivity index (χ3n) is 2.76. The molecule has 100 valence electrons. The molecule has 6 heteroatoms. The van der Waals surface area contributed by atoms with Crippen LogP contribution in [-0.4, -0.2) is 27.1 Å². The Morgan fingerprint density at radius 3 is 2.95 bits per heavy atom. The molecule has 0 aliphatic rings. The van der Waals surface area contributed by atoms with Crippen molar-refractivity contribution < 1.29 is 14.6 Å². The molecule has 0 amide bonds. The van der Waals surface area contributed by atoms with Crippen molar-refractivity contribution in [1.29, 1.82) is 0 Å². The molecule has 0 spiro atoms. The average Bonchev–Trinajstić information content (AvgIpc) is 2.36. The van der Waals surface area contributed by atoms with Gasteiger partial charge in [0.1, 0.15) is 0 Å². The fourth-order valence-corrected chi connectivity index (χ4v) is 1.85. The van der Waals surface area contributed by atoms with Crippen LogP contribution in [0.15, 0.2) is 23.1 Å². The van der Waals surface area contributed by atoms with E-state index in [0.717, 1.165) is 0 Å². The molecule has 2 aromatic rings. The molecule has 2 rings (SSSR count). The van der Waals surface area contributed by atoms with Crippen molar-refractivity contribution >= 4 is 11.6 Å². The Hall–Kier alpha value is -2.37. The van der Waals surface area contributed by atoms with Crippen molar-refractivity contribution in [1.82, 2.24) is 9.38 Å². The molecule has 0 atom stereocenters. The first-order valence-corrected chi connectivity index (χ1v) is 5.90. The third kappa shape index (κ3) is 2.42. The van der Waals surface area contributed by atoms with E-state index in [2.05, 4.69) is 4.98 Å². The molecule has 0 saturated carbocycles. The van der Waals surface area contributed by atoms with Crippen LogP contribution < -0.4 is 5.56 Å². The second kappa shape index (κ2) is 5.09. The molecule has 0 unspecified atom stereocenters. The SMILES string of the molecule is CCOC(=O)Cc1c(C)nc2c(O)cccn2c1=O. The minimum Gasteiger partial charge on any atom is -0.504 e. The summed E-state index contributed by atoms with van der Waals surface area (Å²) in [5.74, 6) is -0.546. The van der Waals surface area contributed by atoms with Gasteiger partial charge in [0.2, 0.25) is 0 Å². The van der Waals surface area contributed by atoms with E-state index in [9.17, 15) is 14.7 Å². The average molecular weight is 262 g/mol. The van der Waals surface area contributed by atoms with Crippen LogP contribution >= 0.6 is 0 Å². The summed E-state index contributed by atoms with van der Waals surface area (Å²) in [6, 6.07) is 2.99. The lowest BCUT2D eigenvalue weighted by molar-refractivity contribution is -0.142. The highest BCUT2D eigenvalue weighted by Crippen LogP contribution is 2.15. The Kier molecular flexibility index (Phi) is 3.50. The first-order valence-electron chi connectivity index (χ1n) is 5.90. The lowest BCUT2D eigenvalue weighted by Gasteiger charge is -2.08. The molecular weight excluding hydrogens is 248 g/mol. The molecule has 0 saturated heterocycles. The number of aromatic hydroxyl groups is 1. The van der Waals surface area contributed by atoms with Gasteiger partial charge in [-0.3, -0.25) is 14.0 Å². The highest BCUT2D eigenvalue weighted by atomic mass is 16.5. The maximum Gasteiger partial charge on any atom is 0.310 e. The van der Waals surface area contributed by atoms with E-state index in [4.69, 9.17) is 4.74 Å². The number of esters is 1. The van der Waals surface area contributed by atoms with Crippen LogP contribution in [0.1, 0.15) is 18.2 Å². The van der Waals surface area contributed by atoms with Gasteiger partial charge < -0.3 is 9.84 Å². The fourth-order valence-electron chi connectivity index (χ4n) is 1.85. The number of nitrogens with zero attached hydrogens (tertiary/aromatic N) is 2. The second-order valence-corrected chi connectivity index (χ2v) is 4.05. The number of aromatic nitrogens is 2. The summed E-state index contributed by atoms with van der Waals surface area (Å²) in [6.07, 6.45) is 1.38. The topological polar surface area (TPSA) is 80.9 Å². The van der Waals surface area contributed by atoms with Gasteiger partial charge in [-0.15, -0.1) is 0 Å². The predicted octanol–water partition coefficient (Wildman–Crippen LogP) is 0.814. The predicted molar refractivity (Wildman–Crippen MR) is 68.2 cm³/mol. The third-order valence-corrected chi connectivity index (χ3v) is 2.76. The maximum absolute atomic E-state index is 12.2. The summed E-state index contributed by atoms with van der Waals surface area (Å²) in [4.78, 5) is 27.9. The fraction of sp³-hybridized carbons (Fsp3) is 0.308. The molecule has 1 N–H and O–H groups in total. The van der Waals surface area contributed by atoms with E-state index in [1.807, 2.05) is 0 Å². The number of rotatable bonds is 3. The number of fused-ring (bicyclic) bond motifs is 1. The Bertz CT molecular complexity index is 691. The zero-order valence-corrected chi connectivity index (χ0v) is 10.7. The van der Waals surface area contributed by atoms with Gasteiger partial charge in [0.15, 0.2) is 11.4 Å². The highest BCUT2D eigenvalue weighted by molar-refractivity contribution is 5.73. The standard InChI is InChI=1S/C13H14N2O4/c1-3-19-11(17)7-9-8(2)14-12-10(16)5-4-6-15(12)13(9)18/h4-6,16H,3,7H2,1-2H3. The molecule has 0 radical (unpaired) electrons. The van der Waals surface area contributed by atoms with E-state index in [1.54, 1.807) is 13.8 Å². The summed E-state index contributed by atoms with van der Waals surface area (Å²) in [6.45, 7) is 3.59. The Morgan fingerprint density at radius 1 is 1.53 bits per heavy atom. The van der Waals surface area contributed by atoms with E-state index >= 15 is 0 Å². The molecular formula is C13H14N2O4. The maximum atomic E-state index is 12.2. The van der Waals surface area contributed by atoms with Crippen LogP contribution in [0, 0.1) is 6.92 Å². The molecule has 2 aromatic heterocycles. The van der Waals surface area contributed by atoms with Gasteiger partial charge in [0.05, 0.1) is 18.6 Å². The van der Waals surface area contributed by atoms with Crippen LogP contribution in [0.4, 0.5) is 0 Å². The van der Waals surface area contributed by atoms with Crippen molar-refractivity contribution in [3.05, 3.63) is 39.9 Å². The van der Waals surface area contributed by atoms with Crippen LogP contribution in [-0.2, 0) is 16.0 Å². The van der Waals surface area contributed by atoms with Crippen molar-refractivity contribution in [2.75, 3.05) is 6.61 Å². The smallest absolute Gasteiger partial charge is 0.310 e. The number of carbonyl (C=O) groups is 1. The summed E-state index contributed by atoms with van der Waals surface area (Å²) >= 11 is 0. The molecule has 0 bridgehead atoms. The zero-order valence-electron chi connectivity index (χ0n) is 10.7. The number of hydrogen-bond donors (Lipinski definition) is 1. The van der Waals surface area contributed by atoms with Gasteiger partial charge in [-0.1, -0.05) is 0 Å². The largest absolute Gasteiger partial charge is 0.504 e. The first kappa shape index (κ1) is 13.1. The quantitative estimate of drug-likeness (QED) is 0.828. The molecule has 0 aromatic carbocycles. The Labute approximate surface area is 109 Å². The van der Waals surface area contributed by atoms with Crippen LogP contribution in [0.5, 0.6) is 5.75 Å². The van der Waals surface area contributed by atoms with Gasteiger partial charge in [-0.05, 0) is 26.0 Å². The van der Waals surface area contributed by atoms with Gasteiger partial charge in [0, 0.05) is 11.9 Å². The number of carbonyl (C=O) groups excluding carboxylic acids is 1. The van der Waals surface area contributed by atoms with Crippen molar-refractivity contribution in [2.24, 2.45) is 0 Å². The Balaban J connectivity index is 2.57. The lowest BCUT2D eigenvalue weighted by Crippen LogP contribution is -2.24. The summed E-state index contributed by atoms with van der Waals surface area (Å²) < 4.78 is 6.05. The minimum atomic E-state index is -0.468. The lowest BCUT2D eigenvalue weighted by atomic mass is 10.1. The van der Waals surface area contributed by atoms with E-state index in [0.29, 0.717) is 5.69 Å². The molecule has 6 nitrogen and oxygen atoms in total. The van der Waals surface area contributed by atoms with E-state index in [1.165, 1.54) is 22.7 Å². The van der Waals surface area contributed by atoms with Gasteiger partial charge in [-0.2, -0.15) is 0 Å². The molecule has 2 heterocycles. The summed E-state index contributed by atoms with van der Waals surface area (Å²) in [5, 5.41) is 9.66. The van der Waals surface area contributed by atoms with E-state index in [-0.39, 0.29) is 35.5 Å². The Morgan fingerprint density at radius 2 is 2.26 bits per heavy atom. The van der Waals surface area contributed by atoms with Gasteiger partial charge in [0.25, 0.3) is 5.56 Å². The molecule has 19 heavy (non-hydrogen) atoms. The summed E-state index contributed by atoms with van der Waals surface area (Å²) in [7, 11) is 0. The molecule has 0 aliphatic carbocycles. The number of ether oxygens (including phenoxy) is 1. The number of pyridine rings is 1. The van der Waals surface area contributed by atoms with Crippen LogP contribution in [0.2, 0.25) is 0 Å². The van der Waals surface area contributed by atoms with Gasteiger partial charge >= 0.3 is 5.97 Å². The summed E-state index contributed by atoms with van der Waals surface area (Å²) in [5.41, 5.74) is 0.505. The monoisotopic (exact) mass is 262 g/mol. The normalized spacial score (nSPS) is 10.6. The van der Waals surface area contributed by atoms with Crippen LogP contribution in [0.3, 0.4) is 0 Å². The molecule has 0 fully saturated rings. The van der Waals surface area contributed by atoms with Gasteiger partial charge in [-0.25, -0.2) is 4.98 Å². The number of aryl methyl sites for hydroxylation is 1. The second-order valence-electron chi connectivity index (χ2n) is 4.05. The van der Waals surface area contributed by atoms with Crippen molar-refractivity contribution in [2.45, 2.75) is 20.3 Å². The van der Waals surface area contributed by atoms with Crippen molar-refractivity contribution in [3.63, 3.8) is 0 Å². The van der Waals surface area contributed by atoms with E-state index < -0.39 is 5.97 Å². The van der Waals surface area contributed by atoms with Crippen molar-refractivity contribution in [3.8, 4) is 5.75 Å². The van der Waals surface area contributed by atoms with Crippen LogP contribution in [0.25, 0.3) is 5.65 Å². The minimum absolute atomic E-state index is 0.0783. The first-order chi connectivity index (χ1) is 9.04. The zero-order chi connectivity index (χ0) is 14.0.